The zero-order chi connectivity index (χ0) is 11.7. The third-order valence-corrected chi connectivity index (χ3v) is 1.33. The minimum absolute atomic E-state index is 0.284. The zero-order valence-electron chi connectivity index (χ0n) is 9.96. The maximum absolute atomic E-state index is 11.1. The molecule has 0 aliphatic heterocycles. The molecular weight excluding hydrogens is 198 g/mol. The zero-order valence-corrected chi connectivity index (χ0v) is 9.96. The van der Waals surface area contributed by atoms with Gasteiger partial charge < -0.3 is 19.5 Å². The molecule has 15 heavy (non-hydrogen) atoms. The van der Waals surface area contributed by atoms with Gasteiger partial charge >= 0.3 is 6.09 Å². The Hall–Kier alpha value is -0.810. The smallest absolute Gasteiger partial charge is 0.407 e. The first-order valence-corrected chi connectivity index (χ1v) is 4.99. The van der Waals surface area contributed by atoms with Crippen LogP contribution in [0.2, 0.25) is 0 Å². The minimum Gasteiger partial charge on any atom is -0.444 e. The summed E-state index contributed by atoms with van der Waals surface area (Å²) in [4.78, 5) is 11.1. The molecule has 90 valence electrons. The molecule has 0 aliphatic rings. The van der Waals surface area contributed by atoms with Crippen molar-refractivity contribution in [2.75, 3.05) is 27.1 Å². The second-order valence-electron chi connectivity index (χ2n) is 4.10. The van der Waals surface area contributed by atoms with E-state index in [0.29, 0.717) is 13.2 Å². The summed E-state index contributed by atoms with van der Waals surface area (Å²) in [7, 11) is 1.57. The first-order chi connectivity index (χ1) is 6.95. The number of carbonyl (C=O) groups is 1. The number of hydrogen-bond acceptors (Lipinski definition) is 4. The molecule has 0 radical (unpaired) electrons. The van der Waals surface area contributed by atoms with Crippen molar-refractivity contribution in [2.24, 2.45) is 0 Å². The Labute approximate surface area is 91.1 Å². The van der Waals surface area contributed by atoms with Gasteiger partial charge in [-0.1, -0.05) is 0 Å². The first-order valence-electron chi connectivity index (χ1n) is 4.99. The van der Waals surface area contributed by atoms with Gasteiger partial charge in [0.1, 0.15) is 12.4 Å². The Kier molecular flexibility index (Phi) is 7.07. The highest BCUT2D eigenvalue weighted by Gasteiger charge is 2.15. The molecule has 0 bridgehead atoms. The highest BCUT2D eigenvalue weighted by Crippen LogP contribution is 2.06. The fourth-order valence-electron chi connectivity index (χ4n) is 0.821. The molecule has 0 aromatic rings. The maximum atomic E-state index is 11.1. The van der Waals surface area contributed by atoms with Gasteiger partial charge in [-0.3, -0.25) is 0 Å². The van der Waals surface area contributed by atoms with Gasteiger partial charge in [0, 0.05) is 13.7 Å². The minimum atomic E-state index is -0.448. The van der Waals surface area contributed by atoms with Crippen molar-refractivity contribution >= 4 is 6.09 Å². The number of methoxy groups -OCH3 is 1. The van der Waals surface area contributed by atoms with Crippen molar-refractivity contribution in [3.8, 4) is 0 Å². The predicted octanol–water partition coefficient (Wildman–Crippen LogP) is 1.52. The van der Waals surface area contributed by atoms with E-state index in [1.165, 1.54) is 0 Å². The van der Waals surface area contributed by atoms with Crippen LogP contribution in [0.4, 0.5) is 4.79 Å². The first kappa shape index (κ1) is 14.2. The Morgan fingerprint density at radius 3 is 2.53 bits per heavy atom. The number of carbonyl (C=O) groups excluding carboxylic acids is 1. The quantitative estimate of drug-likeness (QED) is 0.543. The lowest BCUT2D eigenvalue weighted by Crippen LogP contribution is -2.33. The molecule has 0 aromatic carbocycles. The van der Waals surface area contributed by atoms with Crippen LogP contribution < -0.4 is 5.32 Å². The summed E-state index contributed by atoms with van der Waals surface area (Å²) in [6, 6.07) is 0. The molecule has 0 unspecified atom stereocenters. The number of hydrogen-bond donors (Lipinski definition) is 1. The van der Waals surface area contributed by atoms with Gasteiger partial charge in [-0.15, -0.1) is 0 Å². The van der Waals surface area contributed by atoms with Crippen molar-refractivity contribution in [1.29, 1.82) is 0 Å². The van der Waals surface area contributed by atoms with Gasteiger partial charge in [-0.05, 0) is 27.2 Å². The lowest BCUT2D eigenvalue weighted by Gasteiger charge is -2.19. The van der Waals surface area contributed by atoms with Crippen LogP contribution >= 0.6 is 0 Å². The van der Waals surface area contributed by atoms with Crippen LogP contribution in [0.5, 0.6) is 0 Å². The summed E-state index contributed by atoms with van der Waals surface area (Å²) in [5.41, 5.74) is -0.448. The highest BCUT2D eigenvalue weighted by atomic mass is 16.7. The number of alkyl carbamates (subject to hydrolysis) is 1. The Balaban J connectivity index is 3.32. The van der Waals surface area contributed by atoms with E-state index >= 15 is 0 Å². The molecule has 0 rings (SSSR count). The Morgan fingerprint density at radius 2 is 2.00 bits per heavy atom. The maximum Gasteiger partial charge on any atom is 0.407 e. The summed E-state index contributed by atoms with van der Waals surface area (Å²) in [6.07, 6.45) is 0.344. The molecule has 1 N–H and O–H groups in total. The third kappa shape index (κ3) is 11.1. The van der Waals surface area contributed by atoms with E-state index in [-0.39, 0.29) is 6.79 Å². The molecule has 0 saturated carbocycles. The standard InChI is InChI=1S/C10H21NO4/c1-10(2,3)15-9(12)11-6-5-7-14-8-13-4/h5-8H2,1-4H3,(H,11,12). The van der Waals surface area contributed by atoms with Crippen LogP contribution in [0.1, 0.15) is 27.2 Å². The van der Waals surface area contributed by atoms with Crippen LogP contribution in [-0.2, 0) is 14.2 Å². The average molecular weight is 219 g/mol. The average Bonchev–Trinajstić information content (AvgIpc) is 2.08. The molecule has 0 heterocycles. The molecule has 0 fully saturated rings. The van der Waals surface area contributed by atoms with Crippen LogP contribution in [-0.4, -0.2) is 38.7 Å². The SMILES string of the molecule is COCOCCCNC(=O)OC(C)(C)C. The van der Waals surface area contributed by atoms with Crippen molar-refractivity contribution in [1.82, 2.24) is 5.32 Å². The molecule has 0 spiro atoms. The fraction of sp³-hybridized carbons (Fsp3) is 0.900. The van der Waals surface area contributed by atoms with E-state index in [4.69, 9.17) is 14.2 Å². The summed E-state index contributed by atoms with van der Waals surface area (Å²) in [5, 5.41) is 2.63. The summed E-state index contributed by atoms with van der Waals surface area (Å²) < 4.78 is 14.8. The second-order valence-corrected chi connectivity index (χ2v) is 4.10. The van der Waals surface area contributed by atoms with Gasteiger partial charge in [0.25, 0.3) is 0 Å². The Morgan fingerprint density at radius 1 is 1.33 bits per heavy atom. The lowest BCUT2D eigenvalue weighted by atomic mass is 10.2. The molecule has 0 atom stereocenters. The molecule has 0 aliphatic carbocycles. The van der Waals surface area contributed by atoms with E-state index in [9.17, 15) is 4.79 Å². The van der Waals surface area contributed by atoms with Crippen LogP contribution in [0.15, 0.2) is 0 Å². The Bertz CT molecular complexity index is 177. The van der Waals surface area contributed by atoms with Gasteiger partial charge in [0.15, 0.2) is 0 Å². The summed E-state index contributed by atoms with van der Waals surface area (Å²) >= 11 is 0. The monoisotopic (exact) mass is 219 g/mol. The van der Waals surface area contributed by atoms with Gasteiger partial charge in [0.2, 0.25) is 0 Å². The van der Waals surface area contributed by atoms with E-state index in [1.807, 2.05) is 20.8 Å². The van der Waals surface area contributed by atoms with Crippen molar-refractivity contribution in [3.05, 3.63) is 0 Å². The number of ether oxygens (including phenoxy) is 3. The molecule has 0 aromatic heterocycles. The van der Waals surface area contributed by atoms with Crippen molar-refractivity contribution in [2.45, 2.75) is 32.8 Å². The predicted molar refractivity (Wildman–Crippen MR) is 56.7 cm³/mol. The molecular formula is C10H21NO4. The topological polar surface area (TPSA) is 56.8 Å². The van der Waals surface area contributed by atoms with Gasteiger partial charge in [-0.25, -0.2) is 4.79 Å². The summed E-state index contributed by atoms with van der Waals surface area (Å²) in [6.45, 7) is 6.87. The highest BCUT2D eigenvalue weighted by molar-refractivity contribution is 5.67. The van der Waals surface area contributed by atoms with E-state index in [0.717, 1.165) is 6.42 Å². The van der Waals surface area contributed by atoms with Crippen molar-refractivity contribution < 1.29 is 19.0 Å². The van der Waals surface area contributed by atoms with E-state index in [1.54, 1.807) is 7.11 Å². The largest absolute Gasteiger partial charge is 0.444 e. The molecule has 0 saturated heterocycles. The second kappa shape index (κ2) is 7.48. The van der Waals surface area contributed by atoms with Crippen LogP contribution in [0, 0.1) is 0 Å². The van der Waals surface area contributed by atoms with Crippen LogP contribution in [0.3, 0.4) is 0 Å². The number of amides is 1. The molecule has 5 nitrogen and oxygen atoms in total. The van der Waals surface area contributed by atoms with Crippen LogP contribution in [0.25, 0.3) is 0 Å². The lowest BCUT2D eigenvalue weighted by molar-refractivity contribution is -0.0310. The fourth-order valence-corrected chi connectivity index (χ4v) is 0.821. The van der Waals surface area contributed by atoms with Gasteiger partial charge in [0.05, 0.1) is 6.61 Å². The molecule has 5 heteroatoms. The summed E-state index contributed by atoms with van der Waals surface area (Å²) in [5.74, 6) is 0. The molecule has 1 amide bonds. The van der Waals surface area contributed by atoms with E-state index in [2.05, 4.69) is 5.32 Å². The van der Waals surface area contributed by atoms with Gasteiger partial charge in [-0.2, -0.15) is 0 Å². The number of nitrogens with one attached hydrogen (secondary N) is 1. The number of rotatable bonds is 6. The third-order valence-electron chi connectivity index (χ3n) is 1.33. The van der Waals surface area contributed by atoms with E-state index < -0.39 is 11.7 Å². The van der Waals surface area contributed by atoms with Crippen molar-refractivity contribution in [3.63, 3.8) is 0 Å². The normalized spacial score (nSPS) is 11.2.